The number of methoxy groups -OCH3 is 1. The lowest BCUT2D eigenvalue weighted by Crippen LogP contribution is -2.09. The minimum atomic E-state index is -0.782. The lowest BCUT2D eigenvalue weighted by molar-refractivity contribution is -0.137. The van der Waals surface area contributed by atoms with Crippen molar-refractivity contribution in [2.45, 2.75) is 18.1 Å². The van der Waals surface area contributed by atoms with Gasteiger partial charge in [0.1, 0.15) is 0 Å². The molecule has 0 aromatic rings. The Morgan fingerprint density at radius 3 is 2.80 bits per heavy atom. The number of carbonyl (C=O) groups is 1. The van der Waals surface area contributed by atoms with Crippen molar-refractivity contribution in [1.82, 2.24) is 0 Å². The molecule has 1 unspecified atom stereocenters. The molecule has 3 nitrogen and oxygen atoms in total. The lowest BCUT2D eigenvalue weighted by atomic mass is 10.2. The summed E-state index contributed by atoms with van der Waals surface area (Å²) in [6, 6.07) is 0. The van der Waals surface area contributed by atoms with Crippen LogP contribution in [-0.2, 0) is 9.53 Å². The van der Waals surface area contributed by atoms with Gasteiger partial charge in [0.15, 0.2) is 0 Å². The molecule has 4 heteroatoms. The minimum Gasteiger partial charge on any atom is -0.481 e. The van der Waals surface area contributed by atoms with Gasteiger partial charge in [-0.15, -0.1) is 0 Å². The van der Waals surface area contributed by atoms with Gasteiger partial charge in [-0.3, -0.25) is 4.79 Å². The summed E-state index contributed by atoms with van der Waals surface area (Å²) in [7, 11) is 1.57. The van der Waals surface area contributed by atoms with Crippen LogP contribution in [0.25, 0.3) is 0 Å². The largest absolute Gasteiger partial charge is 0.481 e. The number of rotatable bonds is 5. The van der Waals surface area contributed by atoms with Crippen molar-refractivity contribution in [3.05, 3.63) is 0 Å². The Labute approximate surface area is 65.8 Å². The molecule has 0 bridgehead atoms. The Hall–Kier alpha value is -0.220. The Balaban J connectivity index is 3.21. The number of ether oxygens (including phenoxy) is 1. The van der Waals surface area contributed by atoms with Gasteiger partial charge >= 0.3 is 5.97 Å². The summed E-state index contributed by atoms with van der Waals surface area (Å²) in [5.74, 6) is -0.782. The number of carboxylic acid groups (broad SMARTS) is 1. The van der Waals surface area contributed by atoms with Crippen LogP contribution in [-0.4, -0.2) is 30.0 Å². The van der Waals surface area contributed by atoms with Crippen molar-refractivity contribution in [2.24, 2.45) is 0 Å². The number of thiol groups is 1. The smallest absolute Gasteiger partial charge is 0.303 e. The molecule has 0 amide bonds. The van der Waals surface area contributed by atoms with E-state index in [1.165, 1.54) is 0 Å². The molecule has 1 atom stereocenters. The van der Waals surface area contributed by atoms with Gasteiger partial charge in [-0.05, 0) is 6.42 Å². The first-order chi connectivity index (χ1) is 4.66. The molecule has 1 N–H and O–H groups in total. The number of aliphatic carboxylic acids is 1. The minimum absolute atomic E-state index is 0.0427. The maximum atomic E-state index is 10.0. The molecular weight excluding hydrogens is 152 g/mol. The Kier molecular flexibility index (Phi) is 5.43. The Bertz CT molecular complexity index is 105. The van der Waals surface area contributed by atoms with Crippen molar-refractivity contribution in [1.29, 1.82) is 0 Å². The first-order valence-corrected chi connectivity index (χ1v) is 3.57. The Morgan fingerprint density at radius 2 is 2.40 bits per heavy atom. The third-order valence-electron chi connectivity index (χ3n) is 1.05. The summed E-state index contributed by atoms with van der Waals surface area (Å²) < 4.78 is 4.77. The zero-order chi connectivity index (χ0) is 7.98. The molecule has 60 valence electrons. The number of hydrogen-bond donors (Lipinski definition) is 2. The highest BCUT2D eigenvalue weighted by atomic mass is 32.1. The summed E-state index contributed by atoms with van der Waals surface area (Å²) in [5, 5.41) is 8.30. The highest BCUT2D eigenvalue weighted by Crippen LogP contribution is 2.04. The van der Waals surface area contributed by atoms with E-state index in [-0.39, 0.29) is 11.7 Å². The average molecular weight is 164 g/mol. The molecular formula is C6H12O3S. The van der Waals surface area contributed by atoms with Crippen LogP contribution < -0.4 is 0 Å². The van der Waals surface area contributed by atoms with E-state index >= 15 is 0 Å². The van der Waals surface area contributed by atoms with E-state index in [1.807, 2.05) is 0 Å². The maximum absolute atomic E-state index is 10.0. The summed E-state index contributed by atoms with van der Waals surface area (Å²) in [4.78, 5) is 10.0. The topological polar surface area (TPSA) is 46.5 Å². The molecule has 0 heterocycles. The van der Waals surface area contributed by atoms with Crippen molar-refractivity contribution in [2.75, 3.05) is 13.7 Å². The molecule has 0 spiro atoms. The zero-order valence-corrected chi connectivity index (χ0v) is 6.80. The molecule has 0 fully saturated rings. The first kappa shape index (κ1) is 9.78. The van der Waals surface area contributed by atoms with Gasteiger partial charge in [-0.25, -0.2) is 0 Å². The lowest BCUT2D eigenvalue weighted by Gasteiger charge is -2.05. The van der Waals surface area contributed by atoms with E-state index in [1.54, 1.807) is 7.11 Å². The van der Waals surface area contributed by atoms with Crippen LogP contribution >= 0.6 is 12.6 Å². The third kappa shape index (κ3) is 5.91. The predicted octanol–water partition coefficient (Wildman–Crippen LogP) is 0.796. The predicted molar refractivity (Wildman–Crippen MR) is 41.5 cm³/mol. The monoisotopic (exact) mass is 164 g/mol. The molecule has 0 saturated carbocycles. The van der Waals surface area contributed by atoms with Gasteiger partial charge in [0.25, 0.3) is 0 Å². The molecule has 10 heavy (non-hydrogen) atoms. The third-order valence-corrected chi connectivity index (χ3v) is 1.46. The van der Waals surface area contributed by atoms with Crippen LogP contribution in [0.4, 0.5) is 0 Å². The highest BCUT2D eigenvalue weighted by Gasteiger charge is 2.04. The van der Waals surface area contributed by atoms with Crippen molar-refractivity contribution >= 4 is 18.6 Å². The van der Waals surface area contributed by atoms with E-state index in [9.17, 15) is 4.79 Å². The van der Waals surface area contributed by atoms with Gasteiger partial charge in [-0.2, -0.15) is 12.6 Å². The van der Waals surface area contributed by atoms with Crippen LogP contribution in [0.3, 0.4) is 0 Å². The molecule has 0 aliphatic carbocycles. The van der Waals surface area contributed by atoms with E-state index in [0.717, 1.165) is 0 Å². The standard InChI is InChI=1S/C6H12O3S/c1-9-4-5(10)2-3-6(7)8/h5,10H,2-4H2,1H3,(H,7,8). The van der Waals surface area contributed by atoms with Gasteiger partial charge < -0.3 is 9.84 Å². The Morgan fingerprint density at radius 1 is 1.80 bits per heavy atom. The zero-order valence-electron chi connectivity index (χ0n) is 5.91. The maximum Gasteiger partial charge on any atom is 0.303 e. The molecule has 0 aromatic heterocycles. The van der Waals surface area contributed by atoms with Gasteiger partial charge in [0, 0.05) is 18.8 Å². The molecule has 0 aliphatic heterocycles. The fraction of sp³-hybridized carbons (Fsp3) is 0.833. The fourth-order valence-electron chi connectivity index (χ4n) is 0.566. The van der Waals surface area contributed by atoms with Crippen molar-refractivity contribution in [3.63, 3.8) is 0 Å². The second-order valence-electron chi connectivity index (χ2n) is 2.04. The summed E-state index contributed by atoms with van der Waals surface area (Å²) >= 11 is 4.10. The number of hydrogen-bond acceptors (Lipinski definition) is 3. The molecule has 0 rings (SSSR count). The normalized spacial score (nSPS) is 13.0. The SMILES string of the molecule is COCC(S)CCC(=O)O. The van der Waals surface area contributed by atoms with E-state index in [2.05, 4.69) is 12.6 Å². The quantitative estimate of drug-likeness (QED) is 0.591. The van der Waals surface area contributed by atoms with E-state index in [0.29, 0.717) is 13.0 Å². The van der Waals surface area contributed by atoms with E-state index in [4.69, 9.17) is 9.84 Å². The summed E-state index contributed by atoms with van der Waals surface area (Å²) in [6.45, 7) is 0.510. The number of carboxylic acids is 1. The summed E-state index contributed by atoms with van der Waals surface area (Å²) in [6.07, 6.45) is 0.726. The second-order valence-corrected chi connectivity index (χ2v) is 2.77. The fourth-order valence-corrected chi connectivity index (χ4v) is 0.844. The van der Waals surface area contributed by atoms with Crippen LogP contribution in [0.15, 0.2) is 0 Å². The highest BCUT2D eigenvalue weighted by molar-refractivity contribution is 7.81. The second kappa shape index (κ2) is 5.56. The van der Waals surface area contributed by atoms with Gasteiger partial charge in [0.2, 0.25) is 0 Å². The molecule has 0 aromatic carbocycles. The van der Waals surface area contributed by atoms with Crippen molar-refractivity contribution < 1.29 is 14.6 Å². The molecule has 0 aliphatic rings. The summed E-state index contributed by atoms with van der Waals surface area (Å²) in [5.41, 5.74) is 0. The van der Waals surface area contributed by atoms with Crippen LogP contribution in [0.1, 0.15) is 12.8 Å². The van der Waals surface area contributed by atoms with Gasteiger partial charge in [-0.1, -0.05) is 0 Å². The van der Waals surface area contributed by atoms with Crippen LogP contribution in [0.5, 0.6) is 0 Å². The average Bonchev–Trinajstić information content (AvgIpc) is 1.85. The first-order valence-electron chi connectivity index (χ1n) is 3.05. The van der Waals surface area contributed by atoms with Gasteiger partial charge in [0.05, 0.1) is 6.61 Å². The van der Waals surface area contributed by atoms with Crippen LogP contribution in [0.2, 0.25) is 0 Å². The van der Waals surface area contributed by atoms with Crippen LogP contribution in [0, 0.1) is 0 Å². The van der Waals surface area contributed by atoms with E-state index < -0.39 is 5.97 Å². The molecule has 0 saturated heterocycles. The molecule has 0 radical (unpaired) electrons. The van der Waals surface area contributed by atoms with Crippen molar-refractivity contribution in [3.8, 4) is 0 Å².